The number of benzene rings is 2. The lowest BCUT2D eigenvalue weighted by atomic mass is 10.1. The van der Waals surface area contributed by atoms with Crippen LogP contribution in [-0.4, -0.2) is 13.1 Å². The van der Waals surface area contributed by atoms with E-state index in [0.717, 1.165) is 13.1 Å². The molecule has 2 aromatic carbocycles. The molecular formula is C16H20N2. The molecule has 2 N–H and O–H groups in total. The maximum absolute atomic E-state index is 3.49. The minimum Gasteiger partial charge on any atom is -0.383 e. The van der Waals surface area contributed by atoms with Crippen LogP contribution in [0.2, 0.25) is 0 Å². The van der Waals surface area contributed by atoms with Crippen molar-refractivity contribution in [3.05, 3.63) is 59.7 Å². The van der Waals surface area contributed by atoms with Gasteiger partial charge in [-0.25, -0.2) is 0 Å². The van der Waals surface area contributed by atoms with Crippen molar-refractivity contribution in [3.63, 3.8) is 0 Å². The van der Waals surface area contributed by atoms with E-state index in [9.17, 15) is 0 Å². The first-order valence-electron chi connectivity index (χ1n) is 6.36. The number of aryl methyl sites for hydroxylation is 2. The van der Waals surface area contributed by atoms with Crippen molar-refractivity contribution in [2.75, 3.05) is 23.7 Å². The summed E-state index contributed by atoms with van der Waals surface area (Å²) in [7, 11) is 0. The highest BCUT2D eigenvalue weighted by molar-refractivity contribution is 5.56. The van der Waals surface area contributed by atoms with Crippen LogP contribution in [0, 0.1) is 13.8 Å². The van der Waals surface area contributed by atoms with Crippen LogP contribution in [-0.2, 0) is 0 Å². The fraction of sp³-hybridized carbons (Fsp3) is 0.250. The molecular weight excluding hydrogens is 220 g/mol. The maximum atomic E-state index is 3.49. The zero-order valence-corrected chi connectivity index (χ0v) is 11.0. The molecule has 18 heavy (non-hydrogen) atoms. The summed E-state index contributed by atoms with van der Waals surface area (Å²) in [6, 6.07) is 16.7. The lowest BCUT2D eigenvalue weighted by molar-refractivity contribution is 1.07. The van der Waals surface area contributed by atoms with Crippen molar-refractivity contribution < 1.29 is 0 Å². The molecule has 0 aromatic heterocycles. The van der Waals surface area contributed by atoms with E-state index in [1.165, 1.54) is 22.5 Å². The van der Waals surface area contributed by atoms with Crippen molar-refractivity contribution in [1.82, 2.24) is 0 Å². The van der Waals surface area contributed by atoms with Crippen LogP contribution >= 0.6 is 0 Å². The van der Waals surface area contributed by atoms with Gasteiger partial charge < -0.3 is 10.6 Å². The maximum Gasteiger partial charge on any atom is 0.0400 e. The summed E-state index contributed by atoms with van der Waals surface area (Å²) >= 11 is 0. The standard InChI is InChI=1S/C16H20N2/c1-13-7-6-8-14(2)16(13)18-12-11-17-15-9-4-3-5-10-15/h3-10,17-18H,11-12H2,1-2H3. The van der Waals surface area contributed by atoms with Crippen LogP contribution in [0.3, 0.4) is 0 Å². The van der Waals surface area contributed by atoms with Crippen LogP contribution in [0.25, 0.3) is 0 Å². The molecule has 0 radical (unpaired) electrons. The Balaban J connectivity index is 1.82. The van der Waals surface area contributed by atoms with E-state index in [1.54, 1.807) is 0 Å². The molecule has 0 saturated carbocycles. The topological polar surface area (TPSA) is 24.1 Å². The van der Waals surface area contributed by atoms with E-state index in [2.05, 4.69) is 54.8 Å². The summed E-state index contributed by atoms with van der Waals surface area (Å²) in [4.78, 5) is 0. The summed E-state index contributed by atoms with van der Waals surface area (Å²) in [5.74, 6) is 0. The third kappa shape index (κ3) is 3.27. The smallest absolute Gasteiger partial charge is 0.0400 e. The monoisotopic (exact) mass is 240 g/mol. The van der Waals surface area contributed by atoms with Crippen LogP contribution in [0.1, 0.15) is 11.1 Å². The molecule has 0 aliphatic carbocycles. The fourth-order valence-electron chi connectivity index (χ4n) is 2.04. The van der Waals surface area contributed by atoms with Crippen molar-refractivity contribution in [3.8, 4) is 0 Å². The second-order valence-electron chi connectivity index (χ2n) is 4.49. The third-order valence-electron chi connectivity index (χ3n) is 3.01. The van der Waals surface area contributed by atoms with E-state index in [1.807, 2.05) is 18.2 Å². The van der Waals surface area contributed by atoms with Crippen molar-refractivity contribution in [2.45, 2.75) is 13.8 Å². The molecule has 94 valence electrons. The van der Waals surface area contributed by atoms with Gasteiger partial charge in [0.15, 0.2) is 0 Å². The number of rotatable bonds is 5. The molecule has 0 unspecified atom stereocenters. The SMILES string of the molecule is Cc1cccc(C)c1NCCNc1ccccc1. The molecule has 0 heterocycles. The molecule has 2 heteroatoms. The number of hydrogen-bond donors (Lipinski definition) is 2. The minimum absolute atomic E-state index is 0.914. The summed E-state index contributed by atoms with van der Waals surface area (Å²) < 4.78 is 0. The van der Waals surface area contributed by atoms with E-state index >= 15 is 0 Å². The summed E-state index contributed by atoms with van der Waals surface area (Å²) in [6.45, 7) is 6.11. The van der Waals surface area contributed by atoms with Gasteiger partial charge in [0.05, 0.1) is 0 Å². The number of para-hydroxylation sites is 2. The summed E-state index contributed by atoms with van der Waals surface area (Å²) in [6.07, 6.45) is 0. The molecule has 0 atom stereocenters. The molecule has 0 fully saturated rings. The minimum atomic E-state index is 0.914. The highest BCUT2D eigenvalue weighted by Gasteiger charge is 2.00. The Labute approximate surface area is 109 Å². The number of hydrogen-bond acceptors (Lipinski definition) is 2. The Kier molecular flexibility index (Phi) is 4.24. The van der Waals surface area contributed by atoms with Gasteiger partial charge in [-0.2, -0.15) is 0 Å². The third-order valence-corrected chi connectivity index (χ3v) is 3.01. The average molecular weight is 240 g/mol. The molecule has 2 rings (SSSR count). The van der Waals surface area contributed by atoms with Crippen LogP contribution in [0.4, 0.5) is 11.4 Å². The van der Waals surface area contributed by atoms with Crippen LogP contribution in [0.5, 0.6) is 0 Å². The Bertz CT molecular complexity index is 471. The average Bonchev–Trinajstić information content (AvgIpc) is 2.38. The molecule has 0 bridgehead atoms. The number of anilines is 2. The van der Waals surface area contributed by atoms with E-state index < -0.39 is 0 Å². The Hall–Kier alpha value is -1.96. The molecule has 0 aliphatic heterocycles. The van der Waals surface area contributed by atoms with Gasteiger partial charge in [-0.15, -0.1) is 0 Å². The zero-order chi connectivity index (χ0) is 12.8. The lowest BCUT2D eigenvalue weighted by Gasteiger charge is -2.13. The van der Waals surface area contributed by atoms with Crippen LogP contribution in [0.15, 0.2) is 48.5 Å². The van der Waals surface area contributed by atoms with Gasteiger partial charge >= 0.3 is 0 Å². The molecule has 2 aromatic rings. The normalized spacial score (nSPS) is 10.1. The van der Waals surface area contributed by atoms with Crippen molar-refractivity contribution in [1.29, 1.82) is 0 Å². The van der Waals surface area contributed by atoms with Crippen LogP contribution < -0.4 is 10.6 Å². The summed E-state index contributed by atoms with van der Waals surface area (Å²) in [5.41, 5.74) is 5.03. The quantitative estimate of drug-likeness (QED) is 0.776. The van der Waals surface area contributed by atoms with Crippen molar-refractivity contribution in [2.24, 2.45) is 0 Å². The second kappa shape index (κ2) is 6.10. The zero-order valence-electron chi connectivity index (χ0n) is 11.0. The predicted octanol–water partition coefficient (Wildman–Crippen LogP) is 3.83. The van der Waals surface area contributed by atoms with Crippen molar-refractivity contribution >= 4 is 11.4 Å². The molecule has 0 spiro atoms. The molecule has 2 nitrogen and oxygen atoms in total. The summed E-state index contributed by atoms with van der Waals surface area (Å²) in [5, 5.41) is 6.88. The van der Waals surface area contributed by atoms with Gasteiger partial charge in [-0.05, 0) is 37.1 Å². The van der Waals surface area contributed by atoms with Gasteiger partial charge in [-0.3, -0.25) is 0 Å². The molecule has 0 amide bonds. The largest absolute Gasteiger partial charge is 0.383 e. The van der Waals surface area contributed by atoms with E-state index in [-0.39, 0.29) is 0 Å². The fourth-order valence-corrected chi connectivity index (χ4v) is 2.04. The van der Waals surface area contributed by atoms with Gasteiger partial charge in [0.25, 0.3) is 0 Å². The van der Waals surface area contributed by atoms with Gasteiger partial charge in [0.2, 0.25) is 0 Å². The number of nitrogens with one attached hydrogen (secondary N) is 2. The van der Waals surface area contributed by atoms with Gasteiger partial charge in [0.1, 0.15) is 0 Å². The highest BCUT2D eigenvalue weighted by Crippen LogP contribution is 2.18. The first kappa shape index (κ1) is 12.5. The lowest BCUT2D eigenvalue weighted by Crippen LogP contribution is -2.14. The Morgan fingerprint density at radius 3 is 2.00 bits per heavy atom. The van der Waals surface area contributed by atoms with Gasteiger partial charge in [-0.1, -0.05) is 36.4 Å². The molecule has 0 saturated heterocycles. The van der Waals surface area contributed by atoms with E-state index in [0.29, 0.717) is 0 Å². The van der Waals surface area contributed by atoms with E-state index in [4.69, 9.17) is 0 Å². The first-order valence-corrected chi connectivity index (χ1v) is 6.36. The Morgan fingerprint density at radius 2 is 1.33 bits per heavy atom. The predicted molar refractivity (Wildman–Crippen MR) is 79.3 cm³/mol. The van der Waals surface area contributed by atoms with Gasteiger partial charge in [0, 0.05) is 24.5 Å². The Morgan fingerprint density at radius 1 is 0.722 bits per heavy atom. The highest BCUT2D eigenvalue weighted by atomic mass is 14.9. The molecule has 0 aliphatic rings. The first-order chi connectivity index (χ1) is 8.77. The second-order valence-corrected chi connectivity index (χ2v) is 4.49.